The number of pyridine rings is 1. The number of ether oxygens (including phenoxy) is 1. The van der Waals surface area contributed by atoms with Gasteiger partial charge in [0.05, 0.1) is 11.6 Å². The molecule has 6 rings (SSSR count). The molecule has 7 nitrogen and oxygen atoms in total. The molecule has 0 saturated heterocycles. The first-order valence-electron chi connectivity index (χ1n) is 12.2. The number of ketones is 1. The SMILES string of the molecule is O=C(C1=C(O)C(=O)N(Cc2cccnc2)C1c1cccc(Oc2ccccc2)c1)c1cc2cc(Br)ccc2o1. The molecule has 0 radical (unpaired) electrons. The molecule has 0 spiro atoms. The van der Waals surface area contributed by atoms with Gasteiger partial charge in [-0.25, -0.2) is 0 Å². The summed E-state index contributed by atoms with van der Waals surface area (Å²) in [7, 11) is 0. The number of carbonyl (C=O) groups excluding carboxylic acids is 2. The van der Waals surface area contributed by atoms with E-state index in [1.807, 2.05) is 48.5 Å². The zero-order chi connectivity index (χ0) is 26.9. The largest absolute Gasteiger partial charge is 0.503 e. The minimum atomic E-state index is -0.885. The Morgan fingerprint density at radius 2 is 1.79 bits per heavy atom. The van der Waals surface area contributed by atoms with Gasteiger partial charge in [0.2, 0.25) is 5.78 Å². The minimum absolute atomic E-state index is 0.0300. The highest BCUT2D eigenvalue weighted by molar-refractivity contribution is 9.10. The average Bonchev–Trinajstić information content (AvgIpc) is 3.48. The maximum atomic E-state index is 13.9. The van der Waals surface area contributed by atoms with Gasteiger partial charge in [0, 0.05) is 28.8 Å². The van der Waals surface area contributed by atoms with Crippen LogP contribution in [-0.2, 0) is 11.3 Å². The number of hydrogen-bond acceptors (Lipinski definition) is 6. The van der Waals surface area contributed by atoms with Crippen LogP contribution in [0.4, 0.5) is 0 Å². The van der Waals surface area contributed by atoms with Crippen LogP contribution in [0.5, 0.6) is 11.5 Å². The van der Waals surface area contributed by atoms with Crippen molar-refractivity contribution in [2.24, 2.45) is 0 Å². The van der Waals surface area contributed by atoms with Crippen molar-refractivity contribution in [1.82, 2.24) is 9.88 Å². The summed E-state index contributed by atoms with van der Waals surface area (Å²) < 4.78 is 12.7. The fourth-order valence-electron chi connectivity index (χ4n) is 4.72. The number of rotatable bonds is 7. The predicted molar refractivity (Wildman–Crippen MR) is 148 cm³/mol. The standard InChI is InChI=1S/C31H21BrN2O5/c32-22-11-12-25-21(14-22)16-26(39-25)29(35)27-28(34(31(37)30(27)36)18-19-6-5-13-33-17-19)20-7-4-10-24(15-20)38-23-8-2-1-3-9-23/h1-17,28,36H,18H2. The number of nitrogens with zero attached hydrogens (tertiary/aromatic N) is 2. The van der Waals surface area contributed by atoms with E-state index in [-0.39, 0.29) is 17.9 Å². The van der Waals surface area contributed by atoms with E-state index in [4.69, 9.17) is 9.15 Å². The summed E-state index contributed by atoms with van der Waals surface area (Å²) in [4.78, 5) is 32.9. The molecule has 8 heteroatoms. The van der Waals surface area contributed by atoms with Crippen molar-refractivity contribution in [2.75, 3.05) is 0 Å². The molecule has 0 bridgehead atoms. The van der Waals surface area contributed by atoms with Gasteiger partial charge < -0.3 is 19.2 Å². The fourth-order valence-corrected chi connectivity index (χ4v) is 5.09. The van der Waals surface area contributed by atoms with E-state index in [1.54, 1.807) is 54.9 Å². The van der Waals surface area contributed by atoms with Crippen LogP contribution in [0.2, 0.25) is 0 Å². The van der Waals surface area contributed by atoms with Crippen LogP contribution in [0, 0.1) is 0 Å². The van der Waals surface area contributed by atoms with E-state index in [0.717, 1.165) is 15.4 Å². The third kappa shape index (κ3) is 4.82. The van der Waals surface area contributed by atoms with Crippen LogP contribution in [0.25, 0.3) is 11.0 Å². The Kier molecular flexibility index (Phi) is 6.46. The van der Waals surface area contributed by atoms with E-state index >= 15 is 0 Å². The summed E-state index contributed by atoms with van der Waals surface area (Å²) >= 11 is 3.43. The highest BCUT2D eigenvalue weighted by Gasteiger charge is 2.44. The normalized spacial score (nSPS) is 15.3. The second-order valence-electron chi connectivity index (χ2n) is 9.07. The molecular formula is C31H21BrN2O5. The summed E-state index contributed by atoms with van der Waals surface area (Å²) in [6.45, 7) is 0.134. The molecule has 0 saturated carbocycles. The first-order chi connectivity index (χ1) is 19.0. The van der Waals surface area contributed by atoms with Crippen LogP contribution in [0.1, 0.15) is 27.7 Å². The number of Topliss-reactive ketones (excluding diaryl/α,β-unsaturated/α-hetero) is 1. The van der Waals surface area contributed by atoms with Gasteiger partial charge >= 0.3 is 0 Å². The van der Waals surface area contributed by atoms with Gasteiger partial charge in [-0.2, -0.15) is 0 Å². The number of aliphatic hydroxyl groups excluding tert-OH is 1. The molecule has 1 amide bonds. The quantitative estimate of drug-likeness (QED) is 0.205. The van der Waals surface area contributed by atoms with Gasteiger partial charge in [0.25, 0.3) is 5.91 Å². The summed E-state index contributed by atoms with van der Waals surface area (Å²) in [6, 6.07) is 26.2. The number of carbonyl (C=O) groups is 2. The summed E-state index contributed by atoms with van der Waals surface area (Å²) in [5.41, 5.74) is 1.82. The van der Waals surface area contributed by atoms with Gasteiger partial charge in [0.15, 0.2) is 11.5 Å². The zero-order valence-corrected chi connectivity index (χ0v) is 22.0. The Labute approximate surface area is 232 Å². The van der Waals surface area contributed by atoms with Crippen molar-refractivity contribution in [3.05, 3.63) is 136 Å². The summed E-state index contributed by atoms with van der Waals surface area (Å²) in [6.07, 6.45) is 3.29. The second kappa shape index (κ2) is 10.2. The molecule has 3 aromatic carbocycles. The van der Waals surface area contributed by atoms with E-state index < -0.39 is 23.5 Å². The molecule has 1 atom stereocenters. The first-order valence-corrected chi connectivity index (χ1v) is 13.0. The van der Waals surface area contributed by atoms with Crippen molar-refractivity contribution in [2.45, 2.75) is 12.6 Å². The number of halogens is 1. The Morgan fingerprint density at radius 1 is 0.974 bits per heavy atom. The van der Waals surface area contributed by atoms with E-state index in [0.29, 0.717) is 22.6 Å². The number of para-hydroxylation sites is 1. The van der Waals surface area contributed by atoms with Crippen molar-refractivity contribution in [3.63, 3.8) is 0 Å². The van der Waals surface area contributed by atoms with Gasteiger partial charge in [-0.05, 0) is 65.7 Å². The van der Waals surface area contributed by atoms with Crippen LogP contribution in [-0.4, -0.2) is 26.7 Å². The molecular weight excluding hydrogens is 560 g/mol. The van der Waals surface area contributed by atoms with Crippen molar-refractivity contribution < 1.29 is 23.8 Å². The Bertz CT molecular complexity index is 1730. The topological polar surface area (TPSA) is 92.9 Å². The number of benzene rings is 3. The number of aromatic nitrogens is 1. The van der Waals surface area contributed by atoms with Gasteiger partial charge in [-0.15, -0.1) is 0 Å². The zero-order valence-electron chi connectivity index (χ0n) is 20.5. The predicted octanol–water partition coefficient (Wildman–Crippen LogP) is 7.16. The van der Waals surface area contributed by atoms with Crippen molar-refractivity contribution in [3.8, 4) is 11.5 Å². The lowest BCUT2D eigenvalue weighted by Crippen LogP contribution is -2.30. The molecule has 192 valence electrons. The van der Waals surface area contributed by atoms with Gasteiger partial charge in [0.1, 0.15) is 17.1 Å². The molecule has 1 unspecified atom stereocenters. The van der Waals surface area contributed by atoms with Crippen LogP contribution < -0.4 is 4.74 Å². The summed E-state index contributed by atoms with van der Waals surface area (Å²) in [5, 5.41) is 11.8. The summed E-state index contributed by atoms with van der Waals surface area (Å²) in [5.74, 6) is -0.624. The molecule has 3 heterocycles. The average molecular weight is 581 g/mol. The minimum Gasteiger partial charge on any atom is -0.503 e. The van der Waals surface area contributed by atoms with Crippen LogP contribution >= 0.6 is 15.9 Å². The molecule has 0 fully saturated rings. The Balaban J connectivity index is 1.43. The maximum absolute atomic E-state index is 13.9. The number of amides is 1. The lowest BCUT2D eigenvalue weighted by Gasteiger charge is -2.27. The molecule has 39 heavy (non-hydrogen) atoms. The maximum Gasteiger partial charge on any atom is 0.290 e. The van der Waals surface area contributed by atoms with E-state index in [1.165, 1.54) is 4.90 Å². The van der Waals surface area contributed by atoms with Crippen molar-refractivity contribution >= 4 is 38.6 Å². The first kappa shape index (κ1) is 24.6. The fraction of sp³-hybridized carbons (Fsp3) is 0.0645. The molecule has 5 aromatic rings. The van der Waals surface area contributed by atoms with E-state index in [9.17, 15) is 14.7 Å². The number of fused-ring (bicyclic) bond motifs is 1. The lowest BCUT2D eigenvalue weighted by atomic mass is 9.94. The molecule has 1 aliphatic heterocycles. The molecule has 2 aromatic heterocycles. The van der Waals surface area contributed by atoms with Gasteiger partial charge in [-0.3, -0.25) is 14.6 Å². The number of furan rings is 1. The Hall–Kier alpha value is -4.69. The van der Waals surface area contributed by atoms with E-state index in [2.05, 4.69) is 20.9 Å². The molecule has 0 aliphatic carbocycles. The highest BCUT2D eigenvalue weighted by atomic mass is 79.9. The second-order valence-corrected chi connectivity index (χ2v) is 9.98. The van der Waals surface area contributed by atoms with Crippen molar-refractivity contribution in [1.29, 1.82) is 0 Å². The number of hydrogen-bond donors (Lipinski definition) is 1. The molecule has 1 N–H and O–H groups in total. The van der Waals surface area contributed by atoms with Gasteiger partial charge in [-0.1, -0.05) is 52.3 Å². The molecule has 1 aliphatic rings. The third-order valence-electron chi connectivity index (χ3n) is 6.48. The smallest absolute Gasteiger partial charge is 0.290 e. The number of aliphatic hydroxyl groups is 1. The van der Waals surface area contributed by atoms with Crippen LogP contribution in [0.3, 0.4) is 0 Å². The third-order valence-corrected chi connectivity index (χ3v) is 6.97. The Morgan fingerprint density at radius 3 is 2.59 bits per heavy atom. The van der Waals surface area contributed by atoms with Crippen LogP contribution in [0.15, 0.2) is 124 Å². The monoisotopic (exact) mass is 580 g/mol. The lowest BCUT2D eigenvalue weighted by molar-refractivity contribution is -0.130. The highest BCUT2D eigenvalue weighted by Crippen LogP contribution is 2.41.